The topological polar surface area (TPSA) is 85.9 Å². The quantitative estimate of drug-likeness (QED) is 0.359. The summed E-state index contributed by atoms with van der Waals surface area (Å²) in [4.78, 5) is 14.9. The average molecular weight is 400 g/mol. The first kappa shape index (κ1) is 18.3. The number of nitrogens with zero attached hydrogens (tertiary/aromatic N) is 3. The highest BCUT2D eigenvalue weighted by Crippen LogP contribution is 2.19. The molecule has 0 amide bonds. The van der Waals surface area contributed by atoms with Crippen LogP contribution in [0.2, 0.25) is 0 Å². The van der Waals surface area contributed by atoms with Crippen LogP contribution in [0.4, 0.5) is 4.39 Å². The van der Waals surface area contributed by atoms with Crippen LogP contribution < -0.4 is 10.4 Å². The van der Waals surface area contributed by atoms with E-state index in [1.807, 2.05) is 24.3 Å². The number of hydrogen-bond donors (Lipinski definition) is 1. The van der Waals surface area contributed by atoms with Crippen molar-refractivity contribution in [2.45, 2.75) is 24.8 Å². The van der Waals surface area contributed by atoms with Crippen LogP contribution in [0.25, 0.3) is 11.0 Å². The van der Waals surface area contributed by atoms with Crippen molar-refractivity contribution in [3.8, 4) is 5.75 Å². The van der Waals surface area contributed by atoms with Gasteiger partial charge >= 0.3 is 5.69 Å². The fraction of sp³-hybridized carbons (Fsp3) is 0.211. The van der Waals surface area contributed by atoms with E-state index in [1.165, 1.54) is 36.0 Å². The maximum absolute atomic E-state index is 12.9. The minimum atomic E-state index is -0.321. The zero-order valence-corrected chi connectivity index (χ0v) is 15.6. The van der Waals surface area contributed by atoms with Gasteiger partial charge in [0.15, 0.2) is 6.61 Å². The zero-order valence-electron chi connectivity index (χ0n) is 14.8. The molecular formula is C19H17FN4O3S. The number of halogens is 1. The van der Waals surface area contributed by atoms with Crippen molar-refractivity contribution in [2.24, 2.45) is 0 Å². The summed E-state index contributed by atoms with van der Waals surface area (Å²) in [6.07, 6.45) is 0.774. The Morgan fingerprint density at radius 3 is 2.82 bits per heavy atom. The highest BCUT2D eigenvalue weighted by molar-refractivity contribution is 7.99. The van der Waals surface area contributed by atoms with Gasteiger partial charge in [0.1, 0.15) is 11.6 Å². The second-order valence-corrected chi connectivity index (χ2v) is 7.05. The van der Waals surface area contributed by atoms with Gasteiger partial charge in [-0.1, -0.05) is 23.9 Å². The molecule has 0 spiro atoms. The number of ether oxygens (including phenoxy) is 1. The van der Waals surface area contributed by atoms with E-state index in [2.05, 4.69) is 15.2 Å². The van der Waals surface area contributed by atoms with Gasteiger partial charge < -0.3 is 14.1 Å². The first-order valence-electron chi connectivity index (χ1n) is 8.70. The van der Waals surface area contributed by atoms with Gasteiger partial charge in [0, 0.05) is 12.3 Å². The normalized spacial score (nSPS) is 11.2. The van der Waals surface area contributed by atoms with E-state index in [-0.39, 0.29) is 18.1 Å². The lowest BCUT2D eigenvalue weighted by atomic mass is 10.3. The van der Waals surface area contributed by atoms with Crippen LogP contribution in [0.15, 0.2) is 63.0 Å². The van der Waals surface area contributed by atoms with Crippen molar-refractivity contribution in [3.63, 3.8) is 0 Å². The van der Waals surface area contributed by atoms with Gasteiger partial charge in [-0.3, -0.25) is 4.57 Å². The minimum absolute atomic E-state index is 0.107. The van der Waals surface area contributed by atoms with Crippen molar-refractivity contribution < 1.29 is 13.5 Å². The molecule has 0 unspecified atom stereocenters. The molecule has 0 saturated carbocycles. The summed E-state index contributed by atoms with van der Waals surface area (Å²) >= 11 is 1.43. The monoisotopic (exact) mass is 400 g/mol. The van der Waals surface area contributed by atoms with Gasteiger partial charge in [-0.05, 0) is 42.8 Å². The Hall–Kier alpha value is -3.07. The predicted octanol–water partition coefficient (Wildman–Crippen LogP) is 3.61. The fourth-order valence-corrected chi connectivity index (χ4v) is 3.44. The van der Waals surface area contributed by atoms with E-state index in [1.54, 1.807) is 4.57 Å². The number of thioether (sulfide) groups is 1. The standard InChI is InChI=1S/C19H17FN4O3S/c20-13-6-8-14(9-7-13)26-12-17-22-23-19(27-17)28-11-3-10-24-16-5-2-1-4-15(16)21-18(24)25/h1-2,4-9H,3,10-12H2,(H,21,25). The van der Waals surface area contributed by atoms with E-state index >= 15 is 0 Å². The Morgan fingerprint density at radius 1 is 1.14 bits per heavy atom. The molecule has 4 rings (SSSR count). The molecule has 2 aromatic carbocycles. The fourth-order valence-electron chi connectivity index (χ4n) is 2.74. The van der Waals surface area contributed by atoms with E-state index < -0.39 is 0 Å². The van der Waals surface area contributed by atoms with Crippen molar-refractivity contribution >= 4 is 22.8 Å². The molecule has 28 heavy (non-hydrogen) atoms. The SMILES string of the molecule is O=c1[nH]c2ccccc2n1CCCSc1nnc(COc2ccc(F)cc2)o1. The molecular weight excluding hydrogens is 383 g/mol. The van der Waals surface area contributed by atoms with Crippen molar-refractivity contribution in [1.82, 2.24) is 19.7 Å². The van der Waals surface area contributed by atoms with Gasteiger partial charge in [0.05, 0.1) is 11.0 Å². The molecule has 0 aliphatic carbocycles. The molecule has 0 fully saturated rings. The Balaban J connectivity index is 1.26. The van der Waals surface area contributed by atoms with Gasteiger partial charge in [0.25, 0.3) is 11.1 Å². The number of aromatic amines is 1. The van der Waals surface area contributed by atoms with Crippen molar-refractivity contribution in [2.75, 3.05) is 5.75 Å². The van der Waals surface area contributed by atoms with Crippen LogP contribution in [0, 0.1) is 5.82 Å². The van der Waals surface area contributed by atoms with Crippen LogP contribution in [0.3, 0.4) is 0 Å². The minimum Gasteiger partial charge on any atom is -0.484 e. The summed E-state index contributed by atoms with van der Waals surface area (Å²) in [5, 5.41) is 8.36. The van der Waals surface area contributed by atoms with Crippen molar-refractivity contribution in [3.05, 3.63) is 70.7 Å². The number of hydrogen-bond acceptors (Lipinski definition) is 6. The number of benzene rings is 2. The van der Waals surface area contributed by atoms with E-state index in [9.17, 15) is 9.18 Å². The Kier molecular flexibility index (Phi) is 5.43. The Labute approximate surface area is 163 Å². The second-order valence-electron chi connectivity index (χ2n) is 6.01. The summed E-state index contributed by atoms with van der Waals surface area (Å²) in [6.45, 7) is 0.717. The molecule has 0 aliphatic heterocycles. The number of para-hydroxylation sites is 2. The third-order valence-corrected chi connectivity index (χ3v) is 4.96. The Bertz CT molecular complexity index is 1120. The molecule has 0 bridgehead atoms. The molecule has 0 aliphatic rings. The smallest absolute Gasteiger partial charge is 0.326 e. The molecule has 2 aromatic heterocycles. The lowest BCUT2D eigenvalue weighted by molar-refractivity contribution is 0.252. The first-order valence-corrected chi connectivity index (χ1v) is 9.69. The van der Waals surface area contributed by atoms with Gasteiger partial charge in [-0.2, -0.15) is 0 Å². The number of imidazole rings is 1. The van der Waals surface area contributed by atoms with Crippen LogP contribution in [0.1, 0.15) is 12.3 Å². The van der Waals surface area contributed by atoms with Crippen LogP contribution in [-0.2, 0) is 13.2 Å². The zero-order chi connectivity index (χ0) is 19.3. The molecule has 9 heteroatoms. The molecule has 144 valence electrons. The second kappa shape index (κ2) is 8.30. The molecule has 0 saturated heterocycles. The highest BCUT2D eigenvalue weighted by atomic mass is 32.2. The lowest BCUT2D eigenvalue weighted by Gasteiger charge is -2.02. The van der Waals surface area contributed by atoms with Gasteiger partial charge in [0.2, 0.25) is 0 Å². The summed E-state index contributed by atoms with van der Waals surface area (Å²) in [5.74, 6) is 1.28. The molecule has 1 N–H and O–H groups in total. The molecule has 7 nitrogen and oxygen atoms in total. The number of aromatic nitrogens is 4. The Morgan fingerprint density at radius 2 is 1.96 bits per heavy atom. The molecule has 4 aromatic rings. The van der Waals surface area contributed by atoms with Gasteiger partial charge in [-0.15, -0.1) is 10.2 Å². The largest absolute Gasteiger partial charge is 0.484 e. The molecule has 0 radical (unpaired) electrons. The van der Waals surface area contributed by atoms with Crippen molar-refractivity contribution in [1.29, 1.82) is 0 Å². The van der Waals surface area contributed by atoms with Crippen LogP contribution in [0.5, 0.6) is 5.75 Å². The maximum Gasteiger partial charge on any atom is 0.326 e. The average Bonchev–Trinajstić information content (AvgIpc) is 3.28. The summed E-state index contributed by atoms with van der Waals surface area (Å²) in [6, 6.07) is 13.3. The number of rotatable bonds is 8. The maximum atomic E-state index is 12.9. The lowest BCUT2D eigenvalue weighted by Crippen LogP contribution is -2.17. The van der Waals surface area contributed by atoms with Gasteiger partial charge in [-0.25, -0.2) is 9.18 Å². The summed E-state index contributed by atoms with van der Waals surface area (Å²) in [5.41, 5.74) is 1.63. The predicted molar refractivity (Wildman–Crippen MR) is 103 cm³/mol. The third-order valence-electron chi connectivity index (χ3n) is 4.06. The first-order chi connectivity index (χ1) is 13.7. The number of nitrogens with one attached hydrogen (secondary N) is 1. The molecule has 2 heterocycles. The number of H-pyrrole nitrogens is 1. The van der Waals surface area contributed by atoms with E-state index in [0.29, 0.717) is 23.4 Å². The van der Waals surface area contributed by atoms with Crippen LogP contribution >= 0.6 is 11.8 Å². The van der Waals surface area contributed by atoms with E-state index in [4.69, 9.17) is 9.15 Å². The van der Waals surface area contributed by atoms with E-state index in [0.717, 1.165) is 23.2 Å². The number of fused-ring (bicyclic) bond motifs is 1. The highest BCUT2D eigenvalue weighted by Gasteiger charge is 2.09. The summed E-state index contributed by atoms with van der Waals surface area (Å²) in [7, 11) is 0. The third kappa shape index (κ3) is 4.25. The number of aryl methyl sites for hydroxylation is 1. The molecule has 0 atom stereocenters. The summed E-state index contributed by atoms with van der Waals surface area (Å²) < 4.78 is 25.6. The van der Waals surface area contributed by atoms with Crippen LogP contribution in [-0.4, -0.2) is 25.5 Å².